The van der Waals surface area contributed by atoms with E-state index in [1.54, 1.807) is 0 Å². The van der Waals surface area contributed by atoms with Gasteiger partial charge in [0.05, 0.1) is 6.04 Å². The van der Waals surface area contributed by atoms with Gasteiger partial charge in [0.1, 0.15) is 0 Å². The summed E-state index contributed by atoms with van der Waals surface area (Å²) in [7, 11) is 0. The van der Waals surface area contributed by atoms with Gasteiger partial charge < -0.3 is 0 Å². The minimum absolute atomic E-state index is 0.396. The Kier molecular flexibility index (Phi) is 3.95. The summed E-state index contributed by atoms with van der Waals surface area (Å²) in [5.74, 6) is 0.819. The monoisotopic (exact) mass is 261 g/mol. The van der Waals surface area contributed by atoms with E-state index in [4.69, 9.17) is 4.99 Å². The number of hydrogen-bond donors (Lipinski definition) is 0. The topological polar surface area (TPSA) is 12.4 Å². The van der Waals surface area contributed by atoms with Crippen molar-refractivity contribution in [3.63, 3.8) is 0 Å². The fourth-order valence-corrected chi connectivity index (χ4v) is 4.41. The SMILES string of the molecule is CC1=CC(=NC2CC(C)CC(C)(C)C2)CC(C)(C)C1. The molecular weight excluding hydrogens is 230 g/mol. The highest BCUT2D eigenvalue weighted by Gasteiger charge is 2.32. The standard InChI is InChI=1S/C18H31N/c1-13-7-15(11-17(3,4)9-13)19-16-8-14(2)10-18(5,6)12-16/h7,14,16H,8-12H2,1-6H3. The third kappa shape index (κ3) is 4.19. The molecule has 2 aliphatic carbocycles. The highest BCUT2D eigenvalue weighted by atomic mass is 14.8. The lowest BCUT2D eigenvalue weighted by atomic mass is 9.70. The zero-order chi connectivity index (χ0) is 14.3. The van der Waals surface area contributed by atoms with Gasteiger partial charge in [0.15, 0.2) is 0 Å². The van der Waals surface area contributed by atoms with E-state index in [0.29, 0.717) is 16.9 Å². The van der Waals surface area contributed by atoms with Gasteiger partial charge in [-0.25, -0.2) is 0 Å². The van der Waals surface area contributed by atoms with E-state index in [1.807, 2.05) is 0 Å². The summed E-state index contributed by atoms with van der Waals surface area (Å²) < 4.78 is 0. The number of aliphatic imine (C=N–C) groups is 1. The Morgan fingerprint density at radius 1 is 1.05 bits per heavy atom. The molecule has 0 heterocycles. The van der Waals surface area contributed by atoms with E-state index < -0.39 is 0 Å². The molecule has 1 heteroatoms. The Hall–Kier alpha value is -0.590. The predicted molar refractivity (Wildman–Crippen MR) is 84.8 cm³/mol. The highest BCUT2D eigenvalue weighted by molar-refractivity contribution is 5.97. The summed E-state index contributed by atoms with van der Waals surface area (Å²) in [5.41, 5.74) is 3.71. The smallest absolute Gasteiger partial charge is 0.0510 e. The van der Waals surface area contributed by atoms with E-state index >= 15 is 0 Å². The molecule has 0 amide bonds. The molecular formula is C18H31N. The second-order valence-corrected chi connectivity index (χ2v) is 8.70. The summed E-state index contributed by atoms with van der Waals surface area (Å²) in [4.78, 5) is 5.13. The first-order chi connectivity index (χ1) is 8.65. The average Bonchev–Trinajstić information content (AvgIpc) is 2.08. The van der Waals surface area contributed by atoms with Crippen LogP contribution in [0.15, 0.2) is 16.6 Å². The van der Waals surface area contributed by atoms with Gasteiger partial charge in [-0.2, -0.15) is 0 Å². The zero-order valence-electron chi connectivity index (χ0n) is 13.7. The molecule has 0 aromatic heterocycles. The van der Waals surface area contributed by atoms with Crippen LogP contribution in [0.2, 0.25) is 0 Å². The zero-order valence-corrected chi connectivity index (χ0v) is 13.7. The molecule has 1 fully saturated rings. The Balaban J connectivity index is 2.14. The molecule has 1 saturated carbocycles. The van der Waals surface area contributed by atoms with Crippen molar-refractivity contribution >= 4 is 5.71 Å². The molecule has 19 heavy (non-hydrogen) atoms. The minimum atomic E-state index is 0.396. The number of allylic oxidation sites excluding steroid dienone is 2. The van der Waals surface area contributed by atoms with E-state index in [2.05, 4.69) is 47.6 Å². The van der Waals surface area contributed by atoms with Crippen LogP contribution in [0.3, 0.4) is 0 Å². The quantitative estimate of drug-likeness (QED) is 0.598. The largest absolute Gasteiger partial charge is 0.286 e. The van der Waals surface area contributed by atoms with Crippen molar-refractivity contribution in [3.05, 3.63) is 11.6 Å². The molecule has 0 saturated heterocycles. The summed E-state index contributed by atoms with van der Waals surface area (Å²) in [6, 6.07) is 0.548. The predicted octanol–water partition coefficient (Wildman–Crippen LogP) is 5.41. The van der Waals surface area contributed by atoms with Gasteiger partial charge in [-0.15, -0.1) is 0 Å². The molecule has 2 atom stereocenters. The maximum atomic E-state index is 5.13. The molecule has 0 aromatic rings. The van der Waals surface area contributed by atoms with Gasteiger partial charge in [0.25, 0.3) is 0 Å². The van der Waals surface area contributed by atoms with Crippen LogP contribution in [-0.2, 0) is 0 Å². The molecule has 0 N–H and O–H groups in total. The molecule has 0 radical (unpaired) electrons. The van der Waals surface area contributed by atoms with Crippen molar-refractivity contribution in [1.29, 1.82) is 0 Å². The third-order valence-corrected chi connectivity index (χ3v) is 4.54. The molecule has 0 aromatic carbocycles. The van der Waals surface area contributed by atoms with Gasteiger partial charge >= 0.3 is 0 Å². The molecule has 0 aliphatic heterocycles. The van der Waals surface area contributed by atoms with Gasteiger partial charge in [-0.05, 0) is 61.9 Å². The first-order valence-electron chi connectivity index (χ1n) is 7.89. The van der Waals surface area contributed by atoms with Crippen LogP contribution >= 0.6 is 0 Å². The van der Waals surface area contributed by atoms with E-state index in [9.17, 15) is 0 Å². The third-order valence-electron chi connectivity index (χ3n) is 4.54. The fraction of sp³-hybridized carbons (Fsp3) is 0.833. The maximum Gasteiger partial charge on any atom is 0.0510 e. The lowest BCUT2D eigenvalue weighted by Crippen LogP contribution is -2.31. The summed E-state index contributed by atoms with van der Waals surface area (Å²) >= 11 is 0. The van der Waals surface area contributed by atoms with E-state index in [0.717, 1.165) is 12.3 Å². The Labute approximate surface area is 119 Å². The van der Waals surface area contributed by atoms with Crippen molar-refractivity contribution < 1.29 is 0 Å². The van der Waals surface area contributed by atoms with Crippen LogP contribution in [0.4, 0.5) is 0 Å². The van der Waals surface area contributed by atoms with Gasteiger partial charge in [0.2, 0.25) is 0 Å². The number of nitrogens with zero attached hydrogens (tertiary/aromatic N) is 1. The highest BCUT2D eigenvalue weighted by Crippen LogP contribution is 2.41. The van der Waals surface area contributed by atoms with Crippen molar-refractivity contribution in [1.82, 2.24) is 0 Å². The second kappa shape index (κ2) is 5.07. The van der Waals surface area contributed by atoms with Crippen molar-refractivity contribution in [2.45, 2.75) is 79.7 Å². The van der Waals surface area contributed by atoms with Crippen molar-refractivity contribution in [3.8, 4) is 0 Å². The van der Waals surface area contributed by atoms with Crippen LogP contribution in [0.1, 0.15) is 73.6 Å². The molecule has 2 unspecified atom stereocenters. The summed E-state index contributed by atoms with van der Waals surface area (Å²) in [5, 5.41) is 0. The number of hydrogen-bond acceptors (Lipinski definition) is 1. The molecule has 108 valence electrons. The Morgan fingerprint density at radius 2 is 1.74 bits per heavy atom. The molecule has 0 bridgehead atoms. The maximum absolute atomic E-state index is 5.13. The molecule has 2 rings (SSSR count). The van der Waals surface area contributed by atoms with Crippen LogP contribution in [0, 0.1) is 16.7 Å². The fourth-order valence-electron chi connectivity index (χ4n) is 4.41. The first-order valence-corrected chi connectivity index (χ1v) is 7.89. The van der Waals surface area contributed by atoms with Gasteiger partial charge in [-0.1, -0.05) is 40.2 Å². The average molecular weight is 261 g/mol. The molecule has 1 nitrogen and oxygen atoms in total. The molecule has 0 spiro atoms. The van der Waals surface area contributed by atoms with Crippen molar-refractivity contribution in [2.24, 2.45) is 21.7 Å². The normalized spacial score (nSPS) is 36.1. The molecule has 2 aliphatic rings. The Morgan fingerprint density at radius 3 is 2.32 bits per heavy atom. The summed E-state index contributed by atoms with van der Waals surface area (Å²) in [6.45, 7) is 14.2. The van der Waals surface area contributed by atoms with Crippen LogP contribution in [0.5, 0.6) is 0 Å². The van der Waals surface area contributed by atoms with Gasteiger partial charge in [0, 0.05) is 5.71 Å². The minimum Gasteiger partial charge on any atom is -0.286 e. The van der Waals surface area contributed by atoms with E-state index in [1.165, 1.54) is 37.0 Å². The van der Waals surface area contributed by atoms with Gasteiger partial charge in [-0.3, -0.25) is 4.99 Å². The van der Waals surface area contributed by atoms with Crippen LogP contribution < -0.4 is 0 Å². The lowest BCUT2D eigenvalue weighted by Gasteiger charge is -2.38. The first kappa shape index (κ1) is 14.8. The van der Waals surface area contributed by atoms with E-state index in [-0.39, 0.29) is 0 Å². The Bertz CT molecular complexity index is 398. The number of rotatable bonds is 1. The van der Waals surface area contributed by atoms with Crippen molar-refractivity contribution in [2.75, 3.05) is 0 Å². The summed E-state index contributed by atoms with van der Waals surface area (Å²) in [6.07, 6.45) is 8.61. The van der Waals surface area contributed by atoms with Crippen LogP contribution in [0.25, 0.3) is 0 Å². The lowest BCUT2D eigenvalue weighted by molar-refractivity contribution is 0.171. The van der Waals surface area contributed by atoms with Crippen LogP contribution in [-0.4, -0.2) is 11.8 Å². The second-order valence-electron chi connectivity index (χ2n) is 8.70.